The molecule has 0 spiro atoms. The SMILES string of the molecule is CCc1ccc(C(=O)Nc2cccc(C(=O)N3CCCC3)c2C)o1. The van der Waals surface area contributed by atoms with Gasteiger partial charge in [0, 0.05) is 30.8 Å². The lowest BCUT2D eigenvalue weighted by Crippen LogP contribution is -2.28. The highest BCUT2D eigenvalue weighted by Gasteiger charge is 2.22. The van der Waals surface area contributed by atoms with E-state index in [2.05, 4.69) is 5.32 Å². The van der Waals surface area contributed by atoms with E-state index >= 15 is 0 Å². The second-order valence-electron chi connectivity index (χ2n) is 6.05. The van der Waals surface area contributed by atoms with E-state index in [1.807, 2.05) is 24.8 Å². The van der Waals surface area contributed by atoms with Crippen LogP contribution in [0.15, 0.2) is 34.7 Å². The van der Waals surface area contributed by atoms with Crippen LogP contribution >= 0.6 is 0 Å². The van der Waals surface area contributed by atoms with Crippen molar-refractivity contribution in [2.75, 3.05) is 18.4 Å². The zero-order valence-corrected chi connectivity index (χ0v) is 14.1. The maximum absolute atomic E-state index is 12.6. The summed E-state index contributed by atoms with van der Waals surface area (Å²) in [5.41, 5.74) is 2.06. The van der Waals surface area contributed by atoms with Crippen LogP contribution in [0.4, 0.5) is 5.69 Å². The fourth-order valence-corrected chi connectivity index (χ4v) is 2.97. The molecule has 0 unspecified atom stereocenters. The number of aryl methyl sites for hydroxylation is 1. The number of rotatable bonds is 4. The third-order valence-corrected chi connectivity index (χ3v) is 4.44. The van der Waals surface area contributed by atoms with Crippen molar-refractivity contribution in [3.63, 3.8) is 0 Å². The van der Waals surface area contributed by atoms with Gasteiger partial charge < -0.3 is 14.6 Å². The van der Waals surface area contributed by atoms with Gasteiger partial charge >= 0.3 is 0 Å². The van der Waals surface area contributed by atoms with Crippen LogP contribution in [0.1, 0.15) is 52.0 Å². The van der Waals surface area contributed by atoms with E-state index in [-0.39, 0.29) is 17.6 Å². The van der Waals surface area contributed by atoms with Gasteiger partial charge in [0.2, 0.25) is 0 Å². The molecule has 1 aromatic heterocycles. The number of carbonyl (C=O) groups is 2. The van der Waals surface area contributed by atoms with Crippen LogP contribution in [-0.2, 0) is 6.42 Å². The molecular formula is C19H22N2O3. The Morgan fingerprint density at radius 2 is 1.92 bits per heavy atom. The summed E-state index contributed by atoms with van der Waals surface area (Å²) in [5.74, 6) is 0.785. The van der Waals surface area contributed by atoms with Gasteiger partial charge in [-0.15, -0.1) is 0 Å². The summed E-state index contributed by atoms with van der Waals surface area (Å²) in [6.07, 6.45) is 2.85. The number of furan rings is 1. The normalized spacial score (nSPS) is 14.0. The number of benzene rings is 1. The Balaban J connectivity index is 1.79. The van der Waals surface area contributed by atoms with Crippen molar-refractivity contribution in [2.24, 2.45) is 0 Å². The summed E-state index contributed by atoms with van der Waals surface area (Å²) in [6, 6.07) is 8.88. The Bertz CT molecular complexity index is 758. The zero-order chi connectivity index (χ0) is 17.1. The minimum absolute atomic E-state index is 0.0346. The molecule has 2 aromatic rings. The second kappa shape index (κ2) is 6.91. The van der Waals surface area contributed by atoms with E-state index in [4.69, 9.17) is 4.42 Å². The molecule has 5 nitrogen and oxygen atoms in total. The molecule has 1 aliphatic rings. The fourth-order valence-electron chi connectivity index (χ4n) is 2.97. The Hall–Kier alpha value is -2.56. The van der Waals surface area contributed by atoms with Crippen molar-refractivity contribution < 1.29 is 14.0 Å². The summed E-state index contributed by atoms with van der Waals surface area (Å²) in [4.78, 5) is 26.8. The van der Waals surface area contributed by atoms with E-state index in [0.29, 0.717) is 11.3 Å². The van der Waals surface area contributed by atoms with Gasteiger partial charge in [-0.25, -0.2) is 0 Å². The van der Waals surface area contributed by atoms with Crippen LogP contribution in [0.3, 0.4) is 0 Å². The molecular weight excluding hydrogens is 304 g/mol. The summed E-state index contributed by atoms with van der Waals surface area (Å²) in [7, 11) is 0. The maximum atomic E-state index is 12.6. The van der Waals surface area contributed by atoms with Crippen LogP contribution in [0.2, 0.25) is 0 Å². The molecule has 2 amide bonds. The number of hydrogen-bond acceptors (Lipinski definition) is 3. The number of likely N-dealkylation sites (tertiary alicyclic amines) is 1. The first kappa shape index (κ1) is 16.3. The number of nitrogens with one attached hydrogen (secondary N) is 1. The van der Waals surface area contributed by atoms with E-state index < -0.39 is 0 Å². The van der Waals surface area contributed by atoms with Gasteiger partial charge in [0.1, 0.15) is 5.76 Å². The standard InChI is InChI=1S/C19H22N2O3/c1-3-14-9-10-17(24-14)18(22)20-16-8-6-7-15(13(16)2)19(23)21-11-4-5-12-21/h6-10H,3-5,11-12H2,1-2H3,(H,20,22). The van der Waals surface area contributed by atoms with Gasteiger partial charge in [0.25, 0.3) is 11.8 Å². The monoisotopic (exact) mass is 326 g/mol. The molecule has 0 radical (unpaired) electrons. The van der Waals surface area contributed by atoms with Crippen molar-refractivity contribution in [2.45, 2.75) is 33.1 Å². The van der Waals surface area contributed by atoms with Gasteiger partial charge in [-0.3, -0.25) is 9.59 Å². The first-order chi connectivity index (χ1) is 11.6. The zero-order valence-electron chi connectivity index (χ0n) is 14.1. The van der Waals surface area contributed by atoms with Crippen LogP contribution in [0.5, 0.6) is 0 Å². The summed E-state index contributed by atoms with van der Waals surface area (Å²) in [5, 5.41) is 2.85. The fraction of sp³-hybridized carbons (Fsp3) is 0.368. The van der Waals surface area contributed by atoms with Gasteiger partial charge in [-0.05, 0) is 49.6 Å². The van der Waals surface area contributed by atoms with Crippen molar-refractivity contribution in [3.8, 4) is 0 Å². The van der Waals surface area contributed by atoms with Crippen molar-refractivity contribution in [1.29, 1.82) is 0 Å². The Morgan fingerprint density at radius 1 is 1.17 bits per heavy atom. The van der Waals surface area contributed by atoms with Crippen LogP contribution in [-0.4, -0.2) is 29.8 Å². The number of carbonyl (C=O) groups excluding carboxylic acids is 2. The van der Waals surface area contributed by atoms with Crippen molar-refractivity contribution >= 4 is 17.5 Å². The highest BCUT2D eigenvalue weighted by atomic mass is 16.3. The van der Waals surface area contributed by atoms with E-state index in [0.717, 1.165) is 43.7 Å². The average Bonchev–Trinajstić information content (AvgIpc) is 3.27. The average molecular weight is 326 g/mol. The molecule has 3 rings (SSSR count). The lowest BCUT2D eigenvalue weighted by molar-refractivity contribution is 0.0791. The summed E-state index contributed by atoms with van der Waals surface area (Å²) >= 11 is 0. The Morgan fingerprint density at radius 3 is 2.58 bits per heavy atom. The number of anilines is 1. The van der Waals surface area contributed by atoms with Crippen LogP contribution in [0.25, 0.3) is 0 Å². The molecule has 0 bridgehead atoms. The van der Waals surface area contributed by atoms with Crippen molar-refractivity contribution in [3.05, 3.63) is 53.0 Å². The molecule has 2 heterocycles. The molecule has 5 heteroatoms. The Kier molecular flexibility index (Phi) is 4.69. The largest absolute Gasteiger partial charge is 0.456 e. The van der Waals surface area contributed by atoms with Crippen LogP contribution in [0, 0.1) is 6.92 Å². The van der Waals surface area contributed by atoms with Gasteiger partial charge in [-0.1, -0.05) is 13.0 Å². The first-order valence-corrected chi connectivity index (χ1v) is 8.39. The quantitative estimate of drug-likeness (QED) is 0.933. The molecule has 24 heavy (non-hydrogen) atoms. The summed E-state index contributed by atoms with van der Waals surface area (Å²) < 4.78 is 5.48. The molecule has 0 aliphatic carbocycles. The van der Waals surface area contributed by atoms with Gasteiger partial charge in [0.05, 0.1) is 0 Å². The second-order valence-corrected chi connectivity index (χ2v) is 6.05. The lowest BCUT2D eigenvalue weighted by Gasteiger charge is -2.18. The van der Waals surface area contributed by atoms with Crippen LogP contribution < -0.4 is 5.32 Å². The molecule has 1 fully saturated rings. The Labute approximate surface area is 141 Å². The van der Waals surface area contributed by atoms with Gasteiger partial charge in [0.15, 0.2) is 5.76 Å². The minimum Gasteiger partial charge on any atom is -0.456 e. The number of hydrogen-bond donors (Lipinski definition) is 1. The van der Waals surface area contributed by atoms with Gasteiger partial charge in [-0.2, -0.15) is 0 Å². The smallest absolute Gasteiger partial charge is 0.291 e. The summed E-state index contributed by atoms with van der Waals surface area (Å²) in [6.45, 7) is 5.44. The predicted octanol–water partition coefficient (Wildman–Crippen LogP) is 3.64. The molecule has 126 valence electrons. The first-order valence-electron chi connectivity index (χ1n) is 8.39. The van der Waals surface area contributed by atoms with E-state index in [9.17, 15) is 9.59 Å². The molecule has 1 N–H and O–H groups in total. The third kappa shape index (κ3) is 3.20. The van der Waals surface area contributed by atoms with Crippen molar-refractivity contribution in [1.82, 2.24) is 4.90 Å². The molecule has 1 aliphatic heterocycles. The van der Waals surface area contributed by atoms with E-state index in [1.54, 1.807) is 24.3 Å². The molecule has 1 saturated heterocycles. The highest BCUT2D eigenvalue weighted by molar-refractivity contribution is 6.04. The molecule has 0 atom stereocenters. The molecule has 1 aromatic carbocycles. The predicted molar refractivity (Wildman–Crippen MR) is 92.4 cm³/mol. The highest BCUT2D eigenvalue weighted by Crippen LogP contribution is 2.23. The van der Waals surface area contributed by atoms with E-state index in [1.165, 1.54) is 0 Å². The number of amides is 2. The third-order valence-electron chi connectivity index (χ3n) is 4.44. The maximum Gasteiger partial charge on any atom is 0.291 e. The molecule has 0 saturated carbocycles. The lowest BCUT2D eigenvalue weighted by atomic mass is 10.1. The topological polar surface area (TPSA) is 62.6 Å². The minimum atomic E-state index is -0.302. The number of nitrogens with zero attached hydrogens (tertiary/aromatic N) is 1.